The number of carbonyl (C=O) groups is 1. The van der Waals surface area contributed by atoms with Crippen LogP contribution in [0.2, 0.25) is 0 Å². The first-order valence-electron chi connectivity index (χ1n) is 4.18. The molecule has 1 heterocycles. The van der Waals surface area contributed by atoms with Gasteiger partial charge in [-0.25, -0.2) is 0 Å². The van der Waals surface area contributed by atoms with Gasteiger partial charge in [0.25, 0.3) is 5.69 Å². The van der Waals surface area contributed by atoms with Crippen molar-refractivity contribution < 1.29 is 9.72 Å². The molecule has 0 aromatic heterocycles. The molecule has 0 fully saturated rings. The predicted molar refractivity (Wildman–Crippen MR) is 48.7 cm³/mol. The highest BCUT2D eigenvalue weighted by Crippen LogP contribution is 2.27. The minimum atomic E-state index is -0.436. The first kappa shape index (κ1) is 8.83. The Kier molecular flexibility index (Phi) is 2.01. The van der Waals surface area contributed by atoms with Crippen molar-refractivity contribution in [2.45, 2.75) is 12.6 Å². The Labute approximate surface area is 79.9 Å². The molecule has 0 radical (unpaired) electrons. The van der Waals surface area contributed by atoms with Crippen LogP contribution in [-0.2, 0) is 11.3 Å². The number of nitro benzene ring substituents is 1. The maximum atomic E-state index is 10.6. The van der Waals surface area contributed by atoms with Crippen LogP contribution in [0, 0.1) is 10.1 Å². The highest BCUT2D eigenvalue weighted by Gasteiger charge is 2.22. The molecule has 1 atom stereocenters. The number of nitrogens with zero attached hydrogens (tertiary/aromatic N) is 1. The van der Waals surface area contributed by atoms with Crippen molar-refractivity contribution >= 4 is 12.0 Å². The predicted octanol–water partition coefficient (Wildman–Crippen LogP) is 0.938. The van der Waals surface area contributed by atoms with E-state index in [0.29, 0.717) is 6.54 Å². The summed E-state index contributed by atoms with van der Waals surface area (Å²) in [5.41, 5.74) is 1.74. The van der Waals surface area contributed by atoms with E-state index in [4.69, 9.17) is 0 Å². The zero-order valence-electron chi connectivity index (χ0n) is 7.27. The van der Waals surface area contributed by atoms with Gasteiger partial charge in [-0.2, -0.15) is 0 Å². The summed E-state index contributed by atoms with van der Waals surface area (Å²) in [7, 11) is 0. The van der Waals surface area contributed by atoms with Gasteiger partial charge in [0.15, 0.2) is 0 Å². The molecule has 0 saturated carbocycles. The maximum Gasteiger partial charge on any atom is 0.269 e. The molecular formula is C9H8N2O3. The summed E-state index contributed by atoms with van der Waals surface area (Å²) >= 11 is 0. The number of non-ortho nitro benzene ring substituents is 1. The van der Waals surface area contributed by atoms with Gasteiger partial charge < -0.3 is 4.79 Å². The van der Waals surface area contributed by atoms with E-state index in [1.807, 2.05) is 0 Å². The number of nitrogens with one attached hydrogen (secondary N) is 1. The van der Waals surface area contributed by atoms with Crippen LogP contribution >= 0.6 is 0 Å². The summed E-state index contributed by atoms with van der Waals surface area (Å²) < 4.78 is 0. The van der Waals surface area contributed by atoms with E-state index in [0.717, 1.165) is 17.4 Å². The fourth-order valence-corrected chi connectivity index (χ4v) is 1.61. The largest absolute Gasteiger partial charge is 0.301 e. The lowest BCUT2D eigenvalue weighted by molar-refractivity contribution is -0.384. The number of carbonyl (C=O) groups excluding carboxylic acids is 1. The minimum Gasteiger partial charge on any atom is -0.301 e. The zero-order chi connectivity index (χ0) is 10.1. The maximum absolute atomic E-state index is 10.6. The number of aldehydes is 1. The number of hydrogen-bond donors (Lipinski definition) is 1. The summed E-state index contributed by atoms with van der Waals surface area (Å²) in [6, 6.07) is 4.24. The van der Waals surface area contributed by atoms with Crippen LogP contribution in [-0.4, -0.2) is 11.2 Å². The number of rotatable bonds is 2. The molecule has 0 bridgehead atoms. The number of benzene rings is 1. The van der Waals surface area contributed by atoms with Crippen molar-refractivity contribution in [3.05, 3.63) is 39.4 Å². The van der Waals surface area contributed by atoms with E-state index >= 15 is 0 Å². The first-order chi connectivity index (χ1) is 6.72. The summed E-state index contributed by atoms with van der Waals surface area (Å²) in [5.74, 6) is 0. The standard InChI is InChI=1S/C9H8N2O3/c12-5-9-8-2-1-7(11(13)14)3-6(8)4-10-9/h1-3,5,9-10H,4H2. The Balaban J connectivity index is 2.43. The summed E-state index contributed by atoms with van der Waals surface area (Å²) in [5, 5.41) is 13.4. The third kappa shape index (κ3) is 1.27. The van der Waals surface area contributed by atoms with Gasteiger partial charge in [-0.05, 0) is 17.2 Å². The number of fused-ring (bicyclic) bond motifs is 1. The second-order valence-electron chi connectivity index (χ2n) is 3.13. The molecule has 5 nitrogen and oxygen atoms in total. The second-order valence-corrected chi connectivity index (χ2v) is 3.13. The van der Waals surface area contributed by atoms with Crippen molar-refractivity contribution in [1.82, 2.24) is 5.32 Å². The minimum absolute atomic E-state index is 0.0668. The second kappa shape index (κ2) is 3.19. The van der Waals surface area contributed by atoms with Crippen LogP contribution in [0.3, 0.4) is 0 Å². The zero-order valence-corrected chi connectivity index (χ0v) is 7.27. The molecule has 1 unspecified atom stereocenters. The quantitative estimate of drug-likeness (QED) is 0.430. The van der Waals surface area contributed by atoms with Gasteiger partial charge in [-0.15, -0.1) is 0 Å². The summed E-state index contributed by atoms with van der Waals surface area (Å²) in [4.78, 5) is 20.6. The number of nitro groups is 1. The molecule has 0 amide bonds. The van der Waals surface area contributed by atoms with Crippen molar-refractivity contribution in [1.29, 1.82) is 0 Å². The lowest BCUT2D eigenvalue weighted by atomic mass is 10.1. The highest BCUT2D eigenvalue weighted by molar-refractivity contribution is 5.65. The average molecular weight is 192 g/mol. The molecule has 0 aliphatic carbocycles. The molecule has 1 N–H and O–H groups in total. The monoisotopic (exact) mass is 192 g/mol. The molecule has 0 saturated heterocycles. The molecule has 72 valence electrons. The Morgan fingerprint density at radius 1 is 1.57 bits per heavy atom. The molecule has 1 aliphatic rings. The van der Waals surface area contributed by atoms with Crippen molar-refractivity contribution in [3.8, 4) is 0 Å². The highest BCUT2D eigenvalue weighted by atomic mass is 16.6. The Morgan fingerprint density at radius 3 is 3.00 bits per heavy atom. The Bertz CT molecular complexity index is 403. The fourth-order valence-electron chi connectivity index (χ4n) is 1.61. The topological polar surface area (TPSA) is 72.2 Å². The lowest BCUT2D eigenvalue weighted by Crippen LogP contribution is -2.12. The van der Waals surface area contributed by atoms with Crippen molar-refractivity contribution in [3.63, 3.8) is 0 Å². The van der Waals surface area contributed by atoms with E-state index in [2.05, 4.69) is 5.32 Å². The smallest absolute Gasteiger partial charge is 0.269 e. The SMILES string of the molecule is O=CC1NCc2cc([N+](=O)[O-])ccc21. The molecule has 2 rings (SSSR count). The molecule has 5 heteroatoms. The van der Waals surface area contributed by atoms with Crippen LogP contribution < -0.4 is 5.32 Å². The first-order valence-corrected chi connectivity index (χ1v) is 4.18. The van der Waals surface area contributed by atoms with E-state index in [-0.39, 0.29) is 11.7 Å². The van der Waals surface area contributed by atoms with E-state index in [1.165, 1.54) is 12.1 Å². The van der Waals surface area contributed by atoms with Crippen LogP contribution in [0.1, 0.15) is 17.2 Å². The number of hydrogen-bond acceptors (Lipinski definition) is 4. The molecule has 1 aromatic carbocycles. The Morgan fingerprint density at radius 2 is 2.36 bits per heavy atom. The summed E-state index contributed by atoms with van der Waals surface area (Å²) in [6.45, 7) is 0.514. The van der Waals surface area contributed by atoms with Gasteiger partial charge in [0.2, 0.25) is 0 Å². The molecule has 14 heavy (non-hydrogen) atoms. The van der Waals surface area contributed by atoms with E-state index < -0.39 is 4.92 Å². The van der Waals surface area contributed by atoms with Gasteiger partial charge >= 0.3 is 0 Å². The van der Waals surface area contributed by atoms with Crippen LogP contribution in [0.5, 0.6) is 0 Å². The fraction of sp³-hybridized carbons (Fsp3) is 0.222. The average Bonchev–Trinajstić information content (AvgIpc) is 2.59. The van der Waals surface area contributed by atoms with E-state index in [9.17, 15) is 14.9 Å². The Hall–Kier alpha value is -1.75. The van der Waals surface area contributed by atoms with E-state index in [1.54, 1.807) is 6.07 Å². The molecule has 1 aromatic rings. The van der Waals surface area contributed by atoms with Gasteiger partial charge in [-0.1, -0.05) is 0 Å². The van der Waals surface area contributed by atoms with Crippen LogP contribution in [0.15, 0.2) is 18.2 Å². The normalized spacial score (nSPS) is 19.0. The third-order valence-electron chi connectivity index (χ3n) is 2.32. The molecule has 0 spiro atoms. The van der Waals surface area contributed by atoms with Crippen molar-refractivity contribution in [2.24, 2.45) is 0 Å². The van der Waals surface area contributed by atoms with Gasteiger partial charge in [0, 0.05) is 18.7 Å². The lowest BCUT2D eigenvalue weighted by Gasteiger charge is -2.01. The summed E-state index contributed by atoms with van der Waals surface area (Å²) in [6.07, 6.45) is 0.803. The molecular weight excluding hydrogens is 184 g/mol. The van der Waals surface area contributed by atoms with Gasteiger partial charge in [-0.3, -0.25) is 15.4 Å². The van der Waals surface area contributed by atoms with Gasteiger partial charge in [0.05, 0.1) is 11.0 Å². The van der Waals surface area contributed by atoms with Crippen LogP contribution in [0.4, 0.5) is 5.69 Å². The van der Waals surface area contributed by atoms with Crippen molar-refractivity contribution in [2.75, 3.05) is 0 Å². The van der Waals surface area contributed by atoms with Crippen LogP contribution in [0.25, 0.3) is 0 Å². The third-order valence-corrected chi connectivity index (χ3v) is 2.32. The molecule has 1 aliphatic heterocycles. The van der Waals surface area contributed by atoms with Gasteiger partial charge in [0.1, 0.15) is 6.29 Å².